The van der Waals surface area contributed by atoms with Crippen LogP contribution in [0.25, 0.3) is 0 Å². The molecule has 7 heteroatoms. The van der Waals surface area contributed by atoms with E-state index in [0.29, 0.717) is 17.4 Å². The van der Waals surface area contributed by atoms with Gasteiger partial charge < -0.3 is 20.3 Å². The third kappa shape index (κ3) is 5.79. The molecule has 1 atom stereocenters. The average molecular weight is 440 g/mol. The highest BCUT2D eigenvalue weighted by Crippen LogP contribution is 2.30. The molecule has 6 nitrogen and oxygen atoms in total. The van der Waals surface area contributed by atoms with Gasteiger partial charge in [-0.25, -0.2) is 4.99 Å². The van der Waals surface area contributed by atoms with Gasteiger partial charge in [0.2, 0.25) is 5.79 Å². The molecule has 31 heavy (non-hydrogen) atoms. The van der Waals surface area contributed by atoms with E-state index in [9.17, 15) is 0 Å². The SMILES string of the molecule is NC1(c2ccc(OCc3ccccc3)c(Cl)c2)N=CC=C(NCCCN2CCCC2)N1. The Kier molecular flexibility index (Phi) is 7.12. The zero-order valence-electron chi connectivity index (χ0n) is 17.7. The van der Waals surface area contributed by atoms with Crippen LogP contribution < -0.4 is 21.1 Å². The Morgan fingerprint density at radius 2 is 1.97 bits per heavy atom. The van der Waals surface area contributed by atoms with Crippen LogP contribution in [0.15, 0.2) is 65.4 Å². The van der Waals surface area contributed by atoms with Crippen LogP contribution in [0.2, 0.25) is 5.02 Å². The largest absolute Gasteiger partial charge is 0.487 e. The number of ether oxygens (including phenoxy) is 1. The van der Waals surface area contributed by atoms with Gasteiger partial charge in [0.15, 0.2) is 0 Å². The number of nitrogens with two attached hydrogens (primary N) is 1. The maximum Gasteiger partial charge on any atom is 0.210 e. The Morgan fingerprint density at radius 3 is 2.74 bits per heavy atom. The first-order valence-corrected chi connectivity index (χ1v) is 11.3. The zero-order chi connectivity index (χ0) is 21.5. The van der Waals surface area contributed by atoms with Gasteiger partial charge in [-0.1, -0.05) is 41.9 Å². The molecule has 2 aliphatic rings. The Balaban J connectivity index is 1.32. The second-order valence-electron chi connectivity index (χ2n) is 8.00. The minimum Gasteiger partial charge on any atom is -0.487 e. The Morgan fingerprint density at radius 1 is 1.16 bits per heavy atom. The summed E-state index contributed by atoms with van der Waals surface area (Å²) in [4.78, 5) is 6.97. The first-order chi connectivity index (χ1) is 15.1. The summed E-state index contributed by atoms with van der Waals surface area (Å²) in [5.74, 6) is 0.404. The topological polar surface area (TPSA) is 74.9 Å². The van der Waals surface area contributed by atoms with Crippen LogP contribution in [0.4, 0.5) is 0 Å². The monoisotopic (exact) mass is 439 g/mol. The first-order valence-electron chi connectivity index (χ1n) is 10.9. The first kappa shape index (κ1) is 21.7. The van der Waals surface area contributed by atoms with E-state index >= 15 is 0 Å². The second-order valence-corrected chi connectivity index (χ2v) is 8.41. The molecule has 2 heterocycles. The highest BCUT2D eigenvalue weighted by molar-refractivity contribution is 6.32. The van der Waals surface area contributed by atoms with Crippen LogP contribution in [-0.4, -0.2) is 37.3 Å². The van der Waals surface area contributed by atoms with Gasteiger partial charge in [0, 0.05) is 18.3 Å². The Labute approximate surface area is 189 Å². The van der Waals surface area contributed by atoms with E-state index in [1.807, 2.05) is 54.6 Å². The number of rotatable bonds is 9. The van der Waals surface area contributed by atoms with E-state index in [-0.39, 0.29) is 0 Å². The van der Waals surface area contributed by atoms with Crippen molar-refractivity contribution < 1.29 is 4.74 Å². The van der Waals surface area contributed by atoms with Gasteiger partial charge in [-0.05, 0) is 68.7 Å². The van der Waals surface area contributed by atoms with Gasteiger partial charge in [0.05, 0.1) is 5.02 Å². The molecule has 164 valence electrons. The highest BCUT2D eigenvalue weighted by atomic mass is 35.5. The third-order valence-corrected chi connectivity index (χ3v) is 5.91. The molecular formula is C24H30ClN5O. The fourth-order valence-corrected chi connectivity index (χ4v) is 4.12. The summed E-state index contributed by atoms with van der Waals surface area (Å²) in [6, 6.07) is 15.5. The summed E-state index contributed by atoms with van der Waals surface area (Å²) in [6.07, 6.45) is 7.37. The van der Waals surface area contributed by atoms with Crippen molar-refractivity contribution in [2.75, 3.05) is 26.2 Å². The van der Waals surface area contributed by atoms with Crippen molar-refractivity contribution in [2.24, 2.45) is 10.7 Å². The average Bonchev–Trinajstić information content (AvgIpc) is 3.30. The molecule has 0 spiro atoms. The molecule has 4 N–H and O–H groups in total. The van der Waals surface area contributed by atoms with E-state index in [1.54, 1.807) is 6.21 Å². The van der Waals surface area contributed by atoms with Crippen LogP contribution in [0.3, 0.4) is 0 Å². The van der Waals surface area contributed by atoms with Gasteiger partial charge in [-0.2, -0.15) is 0 Å². The van der Waals surface area contributed by atoms with Gasteiger partial charge in [-0.3, -0.25) is 5.73 Å². The van der Waals surface area contributed by atoms with E-state index in [0.717, 1.165) is 36.5 Å². The van der Waals surface area contributed by atoms with Crippen molar-refractivity contribution in [3.05, 3.63) is 76.6 Å². The number of hydrogen-bond donors (Lipinski definition) is 3. The summed E-state index contributed by atoms with van der Waals surface area (Å²) in [7, 11) is 0. The highest BCUT2D eigenvalue weighted by Gasteiger charge is 2.29. The summed E-state index contributed by atoms with van der Waals surface area (Å²) >= 11 is 6.48. The molecular weight excluding hydrogens is 410 g/mol. The van der Waals surface area contributed by atoms with Crippen LogP contribution in [0, 0.1) is 0 Å². The fraction of sp³-hybridized carbons (Fsp3) is 0.375. The molecule has 0 saturated carbocycles. The molecule has 1 unspecified atom stereocenters. The van der Waals surface area contributed by atoms with Gasteiger partial charge >= 0.3 is 0 Å². The molecule has 0 aliphatic carbocycles. The van der Waals surface area contributed by atoms with Crippen molar-refractivity contribution in [1.82, 2.24) is 15.5 Å². The number of halogens is 1. The van der Waals surface area contributed by atoms with Gasteiger partial charge in [0.1, 0.15) is 18.2 Å². The molecule has 2 aromatic rings. The van der Waals surface area contributed by atoms with E-state index in [1.165, 1.54) is 25.9 Å². The molecule has 1 fully saturated rings. The maximum atomic E-state index is 6.56. The van der Waals surface area contributed by atoms with E-state index in [4.69, 9.17) is 22.1 Å². The maximum absolute atomic E-state index is 6.56. The molecule has 0 amide bonds. The summed E-state index contributed by atoms with van der Waals surface area (Å²) in [5, 5.41) is 7.23. The number of benzene rings is 2. The molecule has 0 aromatic heterocycles. The molecule has 2 aromatic carbocycles. The van der Waals surface area contributed by atoms with Crippen molar-refractivity contribution >= 4 is 17.8 Å². The Bertz CT molecular complexity index is 927. The lowest BCUT2D eigenvalue weighted by Gasteiger charge is -2.32. The number of likely N-dealkylation sites (tertiary alicyclic amines) is 1. The van der Waals surface area contributed by atoms with Crippen LogP contribution in [0.1, 0.15) is 30.4 Å². The van der Waals surface area contributed by atoms with Crippen molar-refractivity contribution in [3.8, 4) is 5.75 Å². The number of nitrogens with one attached hydrogen (secondary N) is 2. The molecule has 1 saturated heterocycles. The van der Waals surface area contributed by atoms with Crippen LogP contribution in [0.5, 0.6) is 5.75 Å². The van der Waals surface area contributed by atoms with Crippen molar-refractivity contribution in [1.29, 1.82) is 0 Å². The summed E-state index contributed by atoms with van der Waals surface area (Å²) in [6.45, 7) is 4.92. The second kappa shape index (κ2) is 10.2. The third-order valence-electron chi connectivity index (χ3n) is 5.62. The Hall–Kier alpha value is -2.54. The smallest absolute Gasteiger partial charge is 0.210 e. The lowest BCUT2D eigenvalue weighted by molar-refractivity contribution is 0.305. The molecule has 0 bridgehead atoms. The lowest BCUT2D eigenvalue weighted by atomic mass is 10.1. The summed E-state index contributed by atoms with van der Waals surface area (Å²) in [5.41, 5.74) is 8.42. The number of nitrogens with zero attached hydrogens (tertiary/aromatic N) is 2. The van der Waals surface area contributed by atoms with Crippen LogP contribution in [-0.2, 0) is 12.4 Å². The van der Waals surface area contributed by atoms with Gasteiger partial charge in [-0.15, -0.1) is 0 Å². The fourth-order valence-electron chi connectivity index (χ4n) is 3.88. The molecule has 4 rings (SSSR count). The van der Waals surface area contributed by atoms with Gasteiger partial charge in [0.25, 0.3) is 0 Å². The standard InChI is InChI=1S/C24H30ClN5O/c25-21-17-20(9-10-22(21)31-18-19-7-2-1-3-8-19)24(26)28-13-11-23(29-24)27-12-6-16-30-14-4-5-15-30/h1-3,7-11,13,17,27,29H,4-6,12,14-16,18,26H2. The zero-order valence-corrected chi connectivity index (χ0v) is 18.4. The molecule has 0 radical (unpaired) electrons. The quantitative estimate of drug-likeness (QED) is 0.521. The number of hydrogen-bond acceptors (Lipinski definition) is 6. The van der Waals surface area contributed by atoms with E-state index in [2.05, 4.69) is 20.5 Å². The normalized spacial score (nSPS) is 20.9. The minimum absolute atomic E-state index is 0.457. The molecule has 2 aliphatic heterocycles. The van der Waals surface area contributed by atoms with Crippen LogP contribution >= 0.6 is 11.6 Å². The minimum atomic E-state index is -1.08. The summed E-state index contributed by atoms with van der Waals surface area (Å²) < 4.78 is 5.87. The number of aliphatic imine (C=N–C) groups is 1. The van der Waals surface area contributed by atoms with E-state index < -0.39 is 5.79 Å². The predicted octanol–water partition coefficient (Wildman–Crippen LogP) is 3.58. The lowest BCUT2D eigenvalue weighted by Crippen LogP contribution is -2.52. The number of allylic oxidation sites excluding steroid dienone is 1. The van der Waals surface area contributed by atoms with Crippen molar-refractivity contribution in [2.45, 2.75) is 31.7 Å². The van der Waals surface area contributed by atoms with Crippen molar-refractivity contribution in [3.63, 3.8) is 0 Å². The predicted molar refractivity (Wildman–Crippen MR) is 126 cm³/mol.